The fourth-order valence-electron chi connectivity index (χ4n) is 0.415. The average Bonchev–Trinajstić information content (AvgIpc) is 1.89. The minimum atomic E-state index is 0.193. The summed E-state index contributed by atoms with van der Waals surface area (Å²) in [5, 5.41) is 11.0. The molecule has 0 aromatic carbocycles. The van der Waals surface area contributed by atoms with Crippen LogP contribution in [0.15, 0.2) is 0 Å². The molecule has 3 nitrogen and oxygen atoms in total. The Balaban J connectivity index is 2.99. The van der Waals surface area contributed by atoms with E-state index in [0.29, 0.717) is 6.54 Å². The maximum Gasteiger partial charge on any atom is 0.0841 e. The smallest absolute Gasteiger partial charge is 0.0841 e. The van der Waals surface area contributed by atoms with Gasteiger partial charge in [0.15, 0.2) is 0 Å². The largest absolute Gasteiger partial charge is 0.380 e. The van der Waals surface area contributed by atoms with Crippen molar-refractivity contribution in [3.63, 3.8) is 0 Å². The first-order valence-corrected chi connectivity index (χ1v) is 2.91. The molecule has 0 heterocycles. The van der Waals surface area contributed by atoms with Crippen molar-refractivity contribution in [1.29, 1.82) is 5.26 Å². The summed E-state index contributed by atoms with van der Waals surface area (Å²) in [6.45, 7) is 3.09. The average molecular weight is 128 g/mol. The summed E-state index contributed by atoms with van der Waals surface area (Å²) in [5.41, 5.74) is 0. The third kappa shape index (κ3) is 5.28. The van der Waals surface area contributed by atoms with E-state index in [-0.39, 0.29) is 6.10 Å². The van der Waals surface area contributed by atoms with E-state index in [9.17, 15) is 0 Å². The highest BCUT2D eigenvalue weighted by molar-refractivity contribution is 4.73. The first-order chi connectivity index (χ1) is 4.31. The van der Waals surface area contributed by atoms with Crippen molar-refractivity contribution in [2.45, 2.75) is 13.0 Å². The molecular weight excluding hydrogens is 116 g/mol. The van der Waals surface area contributed by atoms with Gasteiger partial charge in [0.25, 0.3) is 0 Å². The Bertz CT molecular complexity index is 97.7. The van der Waals surface area contributed by atoms with Crippen molar-refractivity contribution in [3.05, 3.63) is 0 Å². The molecule has 0 spiro atoms. The molecule has 0 rings (SSSR count). The van der Waals surface area contributed by atoms with E-state index < -0.39 is 0 Å². The maximum absolute atomic E-state index is 8.10. The summed E-state index contributed by atoms with van der Waals surface area (Å²) in [4.78, 5) is 0. The van der Waals surface area contributed by atoms with Crippen LogP contribution in [0.2, 0.25) is 0 Å². The van der Waals surface area contributed by atoms with Gasteiger partial charge in [-0.1, -0.05) is 0 Å². The van der Waals surface area contributed by atoms with E-state index in [1.54, 1.807) is 7.11 Å². The lowest BCUT2D eigenvalue weighted by Gasteiger charge is -2.07. The van der Waals surface area contributed by atoms with Crippen LogP contribution in [0.5, 0.6) is 0 Å². The van der Waals surface area contributed by atoms with Gasteiger partial charge in [0.05, 0.1) is 18.7 Å². The quantitative estimate of drug-likeness (QED) is 0.432. The molecule has 0 fully saturated rings. The predicted molar refractivity (Wildman–Crippen MR) is 35.0 cm³/mol. The molecule has 0 bridgehead atoms. The molecule has 0 aliphatic heterocycles. The molecule has 0 aliphatic carbocycles. The van der Waals surface area contributed by atoms with Crippen LogP contribution in [-0.4, -0.2) is 26.3 Å². The highest BCUT2D eigenvalue weighted by atomic mass is 16.5. The zero-order chi connectivity index (χ0) is 7.11. The molecular formula is C6H12N2O. The van der Waals surface area contributed by atoms with Crippen LogP contribution in [0, 0.1) is 11.3 Å². The van der Waals surface area contributed by atoms with Gasteiger partial charge in [-0.3, -0.25) is 0 Å². The molecule has 1 unspecified atom stereocenters. The van der Waals surface area contributed by atoms with Crippen LogP contribution in [-0.2, 0) is 4.74 Å². The van der Waals surface area contributed by atoms with Gasteiger partial charge < -0.3 is 10.1 Å². The van der Waals surface area contributed by atoms with Gasteiger partial charge in [-0.25, -0.2) is 0 Å². The maximum atomic E-state index is 8.10. The van der Waals surface area contributed by atoms with E-state index >= 15 is 0 Å². The second-order valence-corrected chi connectivity index (χ2v) is 1.84. The fraction of sp³-hybridized carbons (Fsp3) is 0.833. The third-order valence-corrected chi connectivity index (χ3v) is 1.04. The lowest BCUT2D eigenvalue weighted by molar-refractivity contribution is 0.118. The summed E-state index contributed by atoms with van der Waals surface area (Å²) >= 11 is 0. The minimum Gasteiger partial charge on any atom is -0.380 e. The van der Waals surface area contributed by atoms with Crippen molar-refractivity contribution in [2.24, 2.45) is 0 Å². The van der Waals surface area contributed by atoms with Gasteiger partial charge in [0.1, 0.15) is 0 Å². The second-order valence-electron chi connectivity index (χ2n) is 1.84. The standard InChI is InChI=1S/C6H12N2O/c1-6(9-2)5-8-4-3-7/h6,8H,4-5H2,1-2H3. The first-order valence-electron chi connectivity index (χ1n) is 2.91. The van der Waals surface area contributed by atoms with E-state index in [2.05, 4.69) is 5.32 Å². The normalized spacial score (nSPS) is 12.6. The van der Waals surface area contributed by atoms with Crippen LogP contribution in [0.3, 0.4) is 0 Å². The van der Waals surface area contributed by atoms with Gasteiger partial charge in [-0.2, -0.15) is 5.26 Å². The molecule has 3 heteroatoms. The van der Waals surface area contributed by atoms with Crippen LogP contribution >= 0.6 is 0 Å². The Morgan fingerprint density at radius 2 is 2.44 bits per heavy atom. The number of rotatable bonds is 4. The number of nitriles is 1. The number of hydrogen-bond donors (Lipinski definition) is 1. The van der Waals surface area contributed by atoms with Crippen LogP contribution in [0.4, 0.5) is 0 Å². The summed E-state index contributed by atoms with van der Waals surface area (Å²) in [5.74, 6) is 0. The molecule has 0 radical (unpaired) electrons. The van der Waals surface area contributed by atoms with E-state index in [1.165, 1.54) is 0 Å². The molecule has 0 aromatic rings. The Labute approximate surface area is 55.6 Å². The highest BCUT2D eigenvalue weighted by Gasteiger charge is 1.94. The lowest BCUT2D eigenvalue weighted by Crippen LogP contribution is -2.25. The number of methoxy groups -OCH3 is 1. The SMILES string of the molecule is COC(C)CNCC#N. The zero-order valence-electron chi connectivity index (χ0n) is 5.85. The first kappa shape index (κ1) is 8.41. The molecule has 0 aromatic heterocycles. The van der Waals surface area contributed by atoms with Crippen LogP contribution in [0.1, 0.15) is 6.92 Å². The molecule has 0 saturated heterocycles. The Morgan fingerprint density at radius 3 is 2.89 bits per heavy atom. The number of ether oxygens (including phenoxy) is 1. The topological polar surface area (TPSA) is 45.0 Å². The van der Waals surface area contributed by atoms with E-state index in [1.807, 2.05) is 13.0 Å². The molecule has 0 aliphatic rings. The third-order valence-electron chi connectivity index (χ3n) is 1.04. The van der Waals surface area contributed by atoms with Gasteiger partial charge in [-0.15, -0.1) is 0 Å². The van der Waals surface area contributed by atoms with E-state index in [4.69, 9.17) is 10.00 Å². The number of hydrogen-bond acceptors (Lipinski definition) is 3. The van der Waals surface area contributed by atoms with Gasteiger partial charge >= 0.3 is 0 Å². The van der Waals surface area contributed by atoms with Crippen molar-refractivity contribution in [1.82, 2.24) is 5.32 Å². The number of nitrogens with zero attached hydrogens (tertiary/aromatic N) is 1. The fourth-order valence-corrected chi connectivity index (χ4v) is 0.415. The Kier molecular flexibility index (Phi) is 5.18. The Morgan fingerprint density at radius 1 is 1.78 bits per heavy atom. The molecule has 52 valence electrons. The second kappa shape index (κ2) is 5.54. The van der Waals surface area contributed by atoms with Crippen molar-refractivity contribution in [3.8, 4) is 6.07 Å². The van der Waals surface area contributed by atoms with Crippen LogP contribution in [0.25, 0.3) is 0 Å². The van der Waals surface area contributed by atoms with Gasteiger partial charge in [0.2, 0.25) is 0 Å². The minimum absolute atomic E-state index is 0.193. The van der Waals surface area contributed by atoms with Crippen molar-refractivity contribution >= 4 is 0 Å². The summed E-state index contributed by atoms with van der Waals surface area (Å²) in [6, 6.07) is 1.98. The lowest BCUT2D eigenvalue weighted by atomic mass is 10.4. The zero-order valence-corrected chi connectivity index (χ0v) is 5.85. The summed E-state index contributed by atoms with van der Waals surface area (Å²) in [6.07, 6.45) is 0.193. The van der Waals surface area contributed by atoms with Crippen molar-refractivity contribution in [2.75, 3.05) is 20.2 Å². The highest BCUT2D eigenvalue weighted by Crippen LogP contribution is 1.81. The molecule has 1 atom stereocenters. The van der Waals surface area contributed by atoms with E-state index in [0.717, 1.165) is 6.54 Å². The number of nitrogens with one attached hydrogen (secondary N) is 1. The Hall–Kier alpha value is -0.590. The molecule has 0 saturated carbocycles. The van der Waals surface area contributed by atoms with Gasteiger partial charge in [-0.05, 0) is 6.92 Å². The van der Waals surface area contributed by atoms with Crippen LogP contribution < -0.4 is 5.32 Å². The molecule has 1 N–H and O–H groups in total. The molecule has 9 heavy (non-hydrogen) atoms. The van der Waals surface area contributed by atoms with Crippen molar-refractivity contribution < 1.29 is 4.74 Å². The van der Waals surface area contributed by atoms with Gasteiger partial charge in [0, 0.05) is 13.7 Å². The summed E-state index contributed by atoms with van der Waals surface area (Å²) in [7, 11) is 1.65. The monoisotopic (exact) mass is 128 g/mol. The molecule has 0 amide bonds. The summed E-state index contributed by atoms with van der Waals surface area (Å²) < 4.78 is 4.92. The predicted octanol–water partition coefficient (Wildman–Crippen LogP) is 0.134.